The number of sulfonamides is 1. The van der Waals surface area contributed by atoms with E-state index >= 15 is 0 Å². The summed E-state index contributed by atoms with van der Waals surface area (Å²) in [5, 5.41) is 7.51. The Kier molecular flexibility index (Phi) is 4.96. The van der Waals surface area contributed by atoms with E-state index in [1.54, 1.807) is 80.2 Å². The summed E-state index contributed by atoms with van der Waals surface area (Å²) in [5.74, 6) is 0.782. The zero-order valence-electron chi connectivity index (χ0n) is 15.5. The highest BCUT2D eigenvalue weighted by Gasteiger charge is 2.19. The third-order valence-electron chi connectivity index (χ3n) is 4.24. The smallest absolute Gasteiger partial charge is 0.263 e. The van der Waals surface area contributed by atoms with E-state index in [1.807, 2.05) is 6.07 Å². The molecule has 0 spiro atoms. The molecule has 8 nitrogen and oxygen atoms in total. The predicted molar refractivity (Wildman–Crippen MR) is 111 cm³/mol. The molecule has 1 aromatic carbocycles. The summed E-state index contributed by atoms with van der Waals surface area (Å²) >= 11 is 0. The summed E-state index contributed by atoms with van der Waals surface area (Å²) in [6.07, 6.45) is 4.93. The molecule has 0 amide bonds. The van der Waals surface area contributed by atoms with E-state index in [1.165, 1.54) is 4.68 Å². The van der Waals surface area contributed by atoms with Gasteiger partial charge in [-0.25, -0.2) is 13.4 Å². The van der Waals surface area contributed by atoms with Crippen LogP contribution in [0.1, 0.15) is 0 Å². The van der Waals surface area contributed by atoms with Gasteiger partial charge >= 0.3 is 0 Å². The number of rotatable bonds is 6. The van der Waals surface area contributed by atoms with Crippen molar-refractivity contribution >= 4 is 21.5 Å². The second-order valence-corrected chi connectivity index (χ2v) is 7.81. The molecule has 29 heavy (non-hydrogen) atoms. The second kappa shape index (κ2) is 7.72. The predicted octanol–water partition coefficient (Wildman–Crippen LogP) is 3.17. The highest BCUT2D eigenvalue weighted by Crippen LogP contribution is 2.26. The minimum Gasteiger partial charge on any atom is -0.388 e. The lowest BCUT2D eigenvalue weighted by Crippen LogP contribution is -2.16. The summed E-state index contributed by atoms with van der Waals surface area (Å²) in [4.78, 5) is 8.44. The molecule has 146 valence electrons. The molecule has 0 aliphatic carbocycles. The van der Waals surface area contributed by atoms with Gasteiger partial charge in [-0.3, -0.25) is 9.71 Å². The molecular formula is C20H18N6O2S. The van der Waals surface area contributed by atoms with Gasteiger partial charge in [-0.1, -0.05) is 6.07 Å². The van der Waals surface area contributed by atoms with Crippen LogP contribution in [0.3, 0.4) is 0 Å². The molecule has 0 aliphatic heterocycles. The Bertz CT molecular complexity index is 1210. The van der Waals surface area contributed by atoms with Crippen molar-refractivity contribution in [3.8, 4) is 17.1 Å². The Morgan fingerprint density at radius 2 is 1.69 bits per heavy atom. The fourth-order valence-corrected chi connectivity index (χ4v) is 3.80. The van der Waals surface area contributed by atoms with Crippen LogP contribution in [0.5, 0.6) is 0 Å². The maximum Gasteiger partial charge on any atom is 0.263 e. The Labute approximate surface area is 168 Å². The lowest BCUT2D eigenvalue weighted by Gasteiger charge is -2.10. The zero-order chi connectivity index (χ0) is 20.3. The molecule has 9 heteroatoms. The molecule has 0 saturated carbocycles. The van der Waals surface area contributed by atoms with E-state index in [9.17, 15) is 8.42 Å². The first kappa shape index (κ1) is 18.6. The first-order chi connectivity index (χ1) is 14.1. The highest BCUT2D eigenvalue weighted by atomic mass is 32.2. The highest BCUT2D eigenvalue weighted by molar-refractivity contribution is 7.92. The van der Waals surface area contributed by atoms with Crippen LogP contribution < -0.4 is 10.0 Å². The molecule has 0 unspecified atom stereocenters. The molecule has 0 aliphatic rings. The van der Waals surface area contributed by atoms with Crippen molar-refractivity contribution in [2.45, 2.75) is 4.90 Å². The topological polar surface area (TPSA) is 102 Å². The number of anilines is 2. The van der Waals surface area contributed by atoms with E-state index in [0.29, 0.717) is 11.5 Å². The Morgan fingerprint density at radius 3 is 2.34 bits per heavy atom. The van der Waals surface area contributed by atoms with Crippen molar-refractivity contribution in [1.82, 2.24) is 19.7 Å². The lowest BCUT2D eigenvalue weighted by atomic mass is 10.2. The van der Waals surface area contributed by atoms with E-state index in [0.717, 1.165) is 11.3 Å². The molecular weight excluding hydrogens is 388 g/mol. The molecule has 0 atom stereocenters. The van der Waals surface area contributed by atoms with E-state index in [2.05, 4.69) is 25.1 Å². The van der Waals surface area contributed by atoms with Gasteiger partial charge < -0.3 is 5.32 Å². The number of hydrogen-bond donors (Lipinski definition) is 2. The third-order valence-corrected chi connectivity index (χ3v) is 5.61. The molecule has 3 aromatic heterocycles. The summed E-state index contributed by atoms with van der Waals surface area (Å²) in [6.45, 7) is 0. The van der Waals surface area contributed by atoms with Crippen molar-refractivity contribution in [2.75, 3.05) is 17.1 Å². The van der Waals surface area contributed by atoms with Crippen molar-refractivity contribution in [2.24, 2.45) is 0 Å². The maximum absolute atomic E-state index is 12.9. The van der Waals surface area contributed by atoms with E-state index in [-0.39, 0.29) is 10.7 Å². The number of benzene rings is 1. The first-order valence-corrected chi connectivity index (χ1v) is 10.3. The summed E-state index contributed by atoms with van der Waals surface area (Å²) < 4.78 is 29.9. The van der Waals surface area contributed by atoms with E-state index < -0.39 is 10.0 Å². The quantitative estimate of drug-likeness (QED) is 0.510. The fourth-order valence-electron chi connectivity index (χ4n) is 2.77. The van der Waals surface area contributed by atoms with Crippen molar-refractivity contribution in [1.29, 1.82) is 0 Å². The average molecular weight is 406 g/mol. The van der Waals surface area contributed by atoms with Gasteiger partial charge in [0, 0.05) is 43.0 Å². The van der Waals surface area contributed by atoms with Crippen LogP contribution in [-0.2, 0) is 10.0 Å². The number of nitrogens with one attached hydrogen (secondary N) is 2. The largest absolute Gasteiger partial charge is 0.388 e. The number of hydrogen-bond acceptors (Lipinski definition) is 6. The molecule has 0 fully saturated rings. The van der Waals surface area contributed by atoms with Gasteiger partial charge in [0.05, 0.1) is 10.6 Å². The van der Waals surface area contributed by atoms with Crippen LogP contribution in [0.2, 0.25) is 0 Å². The van der Waals surface area contributed by atoms with Crippen LogP contribution in [0.15, 0.2) is 84.1 Å². The minimum atomic E-state index is -3.82. The summed E-state index contributed by atoms with van der Waals surface area (Å²) in [6, 6.07) is 17.1. The lowest BCUT2D eigenvalue weighted by molar-refractivity contribution is 0.600. The van der Waals surface area contributed by atoms with Gasteiger partial charge in [0.15, 0.2) is 5.82 Å². The maximum atomic E-state index is 12.9. The molecule has 4 aromatic rings. The fraction of sp³-hybridized carbons (Fsp3) is 0.0500. The third kappa shape index (κ3) is 3.94. The van der Waals surface area contributed by atoms with Gasteiger partial charge in [0.25, 0.3) is 10.0 Å². The molecule has 4 rings (SSSR count). The van der Waals surface area contributed by atoms with Crippen molar-refractivity contribution in [3.05, 3.63) is 79.3 Å². The second-order valence-electron chi connectivity index (χ2n) is 6.13. The van der Waals surface area contributed by atoms with Crippen LogP contribution in [0.4, 0.5) is 11.5 Å². The molecule has 0 bridgehead atoms. The minimum absolute atomic E-state index is 0.149. The van der Waals surface area contributed by atoms with Gasteiger partial charge in [-0.15, -0.1) is 0 Å². The van der Waals surface area contributed by atoms with Crippen molar-refractivity contribution < 1.29 is 8.42 Å². The monoisotopic (exact) mass is 406 g/mol. The van der Waals surface area contributed by atoms with Crippen molar-refractivity contribution in [3.63, 3.8) is 0 Å². The summed E-state index contributed by atoms with van der Waals surface area (Å²) in [7, 11) is -2.04. The Balaban J connectivity index is 1.76. The zero-order valence-corrected chi connectivity index (χ0v) is 16.3. The van der Waals surface area contributed by atoms with Crippen LogP contribution >= 0.6 is 0 Å². The normalized spacial score (nSPS) is 11.2. The van der Waals surface area contributed by atoms with Gasteiger partial charge in [-0.2, -0.15) is 9.78 Å². The molecule has 0 radical (unpaired) electrons. The Hall–Kier alpha value is -3.72. The van der Waals surface area contributed by atoms with Crippen LogP contribution in [-0.4, -0.2) is 35.2 Å². The van der Waals surface area contributed by atoms with Crippen LogP contribution in [0, 0.1) is 0 Å². The van der Waals surface area contributed by atoms with Crippen LogP contribution in [0.25, 0.3) is 17.1 Å². The first-order valence-electron chi connectivity index (χ1n) is 8.79. The molecule has 2 N–H and O–H groups in total. The van der Waals surface area contributed by atoms with Gasteiger partial charge in [0.1, 0.15) is 5.82 Å². The number of aromatic nitrogens is 4. The van der Waals surface area contributed by atoms with Gasteiger partial charge in [0.2, 0.25) is 0 Å². The van der Waals surface area contributed by atoms with E-state index in [4.69, 9.17) is 0 Å². The van der Waals surface area contributed by atoms with Gasteiger partial charge in [-0.05, 0) is 48.5 Å². The number of pyridine rings is 2. The SMILES string of the molecule is CNc1ccc(S(=O)(=O)Nc2cc(-c3ccncc3)nn2-c2ccccn2)cc1. The Morgan fingerprint density at radius 1 is 0.931 bits per heavy atom. The molecule has 3 heterocycles. The summed E-state index contributed by atoms with van der Waals surface area (Å²) in [5.41, 5.74) is 2.23. The standard InChI is InChI=1S/C20H18N6O2S/c1-21-16-5-7-17(8-6-16)29(27,28)25-20-14-18(15-9-12-22-13-10-15)24-26(20)19-4-2-3-11-23-19/h2-14,21,25H,1H3. The average Bonchev–Trinajstić information content (AvgIpc) is 3.18. The molecule has 0 saturated heterocycles. The number of nitrogens with zero attached hydrogens (tertiary/aromatic N) is 4.